The fourth-order valence-corrected chi connectivity index (χ4v) is 2.27. The summed E-state index contributed by atoms with van der Waals surface area (Å²) in [6, 6.07) is 8.67. The molecule has 1 aromatic heterocycles. The van der Waals surface area contributed by atoms with Crippen molar-refractivity contribution in [2.75, 3.05) is 11.9 Å². The van der Waals surface area contributed by atoms with Gasteiger partial charge in [-0.15, -0.1) is 0 Å². The van der Waals surface area contributed by atoms with E-state index in [1.807, 2.05) is 6.92 Å². The SMILES string of the molecule is CCNc1nc(C)nc(-c2ccc(C(C)C)cc2)c1C. The Morgan fingerprint density at radius 1 is 1.05 bits per heavy atom. The Hall–Kier alpha value is -1.90. The Labute approximate surface area is 121 Å². The molecule has 0 saturated heterocycles. The first-order valence-electron chi connectivity index (χ1n) is 7.22. The van der Waals surface area contributed by atoms with Crippen molar-refractivity contribution in [1.82, 2.24) is 9.97 Å². The van der Waals surface area contributed by atoms with Crippen LogP contribution in [-0.2, 0) is 0 Å². The number of benzene rings is 1. The lowest BCUT2D eigenvalue weighted by Crippen LogP contribution is -2.06. The molecule has 106 valence electrons. The van der Waals surface area contributed by atoms with E-state index >= 15 is 0 Å². The zero-order valence-corrected chi connectivity index (χ0v) is 13.0. The van der Waals surface area contributed by atoms with Crippen molar-refractivity contribution in [3.63, 3.8) is 0 Å². The van der Waals surface area contributed by atoms with Crippen LogP contribution in [0.5, 0.6) is 0 Å². The van der Waals surface area contributed by atoms with E-state index in [4.69, 9.17) is 0 Å². The van der Waals surface area contributed by atoms with Crippen LogP contribution in [0.4, 0.5) is 5.82 Å². The van der Waals surface area contributed by atoms with Gasteiger partial charge in [0, 0.05) is 17.7 Å². The van der Waals surface area contributed by atoms with E-state index in [2.05, 4.69) is 67.2 Å². The smallest absolute Gasteiger partial charge is 0.133 e. The second-order valence-corrected chi connectivity index (χ2v) is 5.40. The summed E-state index contributed by atoms with van der Waals surface area (Å²) in [6.07, 6.45) is 0. The minimum Gasteiger partial charge on any atom is -0.370 e. The van der Waals surface area contributed by atoms with Gasteiger partial charge in [-0.25, -0.2) is 9.97 Å². The molecular weight excluding hydrogens is 246 g/mol. The molecule has 0 atom stereocenters. The fraction of sp³-hybridized carbons (Fsp3) is 0.412. The van der Waals surface area contributed by atoms with Gasteiger partial charge in [0.15, 0.2) is 0 Å². The molecule has 0 spiro atoms. The van der Waals surface area contributed by atoms with Crippen molar-refractivity contribution in [2.24, 2.45) is 0 Å². The molecule has 0 saturated carbocycles. The first-order chi connectivity index (χ1) is 9.52. The van der Waals surface area contributed by atoms with E-state index in [0.29, 0.717) is 5.92 Å². The fourth-order valence-electron chi connectivity index (χ4n) is 2.27. The van der Waals surface area contributed by atoms with Crippen molar-refractivity contribution in [1.29, 1.82) is 0 Å². The molecule has 0 aliphatic rings. The Morgan fingerprint density at radius 3 is 2.25 bits per heavy atom. The topological polar surface area (TPSA) is 37.8 Å². The largest absolute Gasteiger partial charge is 0.370 e. The summed E-state index contributed by atoms with van der Waals surface area (Å²) in [4.78, 5) is 9.08. The van der Waals surface area contributed by atoms with Gasteiger partial charge >= 0.3 is 0 Å². The summed E-state index contributed by atoms with van der Waals surface area (Å²) in [5, 5.41) is 3.31. The maximum absolute atomic E-state index is 4.61. The van der Waals surface area contributed by atoms with E-state index < -0.39 is 0 Å². The highest BCUT2D eigenvalue weighted by Crippen LogP contribution is 2.27. The van der Waals surface area contributed by atoms with Crippen molar-refractivity contribution < 1.29 is 0 Å². The van der Waals surface area contributed by atoms with Crippen LogP contribution in [-0.4, -0.2) is 16.5 Å². The summed E-state index contributed by atoms with van der Waals surface area (Å²) in [7, 11) is 0. The highest BCUT2D eigenvalue weighted by Gasteiger charge is 2.11. The Kier molecular flexibility index (Phi) is 4.38. The monoisotopic (exact) mass is 269 g/mol. The van der Waals surface area contributed by atoms with Gasteiger partial charge in [-0.05, 0) is 32.3 Å². The molecule has 3 nitrogen and oxygen atoms in total. The number of aromatic nitrogens is 2. The molecule has 20 heavy (non-hydrogen) atoms. The second kappa shape index (κ2) is 6.04. The zero-order chi connectivity index (χ0) is 14.7. The minimum absolute atomic E-state index is 0.551. The lowest BCUT2D eigenvalue weighted by Gasteiger charge is -2.13. The normalized spacial score (nSPS) is 10.9. The third kappa shape index (κ3) is 2.98. The maximum Gasteiger partial charge on any atom is 0.133 e. The standard InChI is InChI=1S/C17H23N3/c1-6-18-17-12(4)16(19-13(5)20-17)15-9-7-14(8-10-15)11(2)3/h7-11H,6H2,1-5H3,(H,18,19,20). The lowest BCUT2D eigenvalue weighted by molar-refractivity contribution is 0.867. The molecule has 2 rings (SSSR count). The van der Waals surface area contributed by atoms with Crippen molar-refractivity contribution in [3.05, 3.63) is 41.2 Å². The molecule has 1 aromatic carbocycles. The van der Waals surface area contributed by atoms with Crippen LogP contribution < -0.4 is 5.32 Å². The summed E-state index contributed by atoms with van der Waals surface area (Å²) in [6.45, 7) is 11.4. The van der Waals surface area contributed by atoms with Crippen LogP contribution in [0.25, 0.3) is 11.3 Å². The predicted octanol–water partition coefficient (Wildman–Crippen LogP) is 4.32. The average Bonchev–Trinajstić information content (AvgIpc) is 2.43. The quantitative estimate of drug-likeness (QED) is 0.898. The van der Waals surface area contributed by atoms with Crippen LogP contribution in [0.3, 0.4) is 0 Å². The van der Waals surface area contributed by atoms with Gasteiger partial charge in [-0.1, -0.05) is 38.1 Å². The third-order valence-electron chi connectivity index (χ3n) is 3.45. The van der Waals surface area contributed by atoms with Gasteiger partial charge < -0.3 is 5.32 Å². The molecule has 0 fully saturated rings. The zero-order valence-electron chi connectivity index (χ0n) is 13.0. The number of rotatable bonds is 4. The van der Waals surface area contributed by atoms with E-state index in [0.717, 1.165) is 35.0 Å². The molecule has 1 N–H and O–H groups in total. The number of hydrogen-bond acceptors (Lipinski definition) is 3. The molecule has 3 heteroatoms. The van der Waals surface area contributed by atoms with Crippen LogP contribution in [0, 0.1) is 13.8 Å². The van der Waals surface area contributed by atoms with Crippen LogP contribution in [0.2, 0.25) is 0 Å². The highest BCUT2D eigenvalue weighted by molar-refractivity contribution is 5.68. The van der Waals surface area contributed by atoms with E-state index in [-0.39, 0.29) is 0 Å². The van der Waals surface area contributed by atoms with Gasteiger partial charge in [0.25, 0.3) is 0 Å². The minimum atomic E-state index is 0.551. The molecule has 0 bridgehead atoms. The second-order valence-electron chi connectivity index (χ2n) is 5.40. The molecule has 2 aromatic rings. The number of nitrogens with zero attached hydrogens (tertiary/aromatic N) is 2. The Balaban J connectivity index is 2.46. The van der Waals surface area contributed by atoms with Gasteiger partial charge in [0.2, 0.25) is 0 Å². The first kappa shape index (κ1) is 14.5. The van der Waals surface area contributed by atoms with Gasteiger partial charge in [-0.3, -0.25) is 0 Å². The van der Waals surface area contributed by atoms with Crippen LogP contribution in [0.15, 0.2) is 24.3 Å². The van der Waals surface area contributed by atoms with Gasteiger partial charge in [0.1, 0.15) is 11.6 Å². The molecule has 0 amide bonds. The predicted molar refractivity (Wildman–Crippen MR) is 85.2 cm³/mol. The summed E-state index contributed by atoms with van der Waals surface area (Å²) >= 11 is 0. The number of nitrogens with one attached hydrogen (secondary N) is 1. The molecule has 1 heterocycles. The van der Waals surface area contributed by atoms with E-state index in [1.165, 1.54) is 5.56 Å². The maximum atomic E-state index is 4.61. The van der Waals surface area contributed by atoms with Crippen molar-refractivity contribution >= 4 is 5.82 Å². The molecule has 0 aliphatic heterocycles. The van der Waals surface area contributed by atoms with Crippen molar-refractivity contribution in [2.45, 2.75) is 40.5 Å². The average molecular weight is 269 g/mol. The molecule has 0 radical (unpaired) electrons. The summed E-state index contributed by atoms with van der Waals surface area (Å²) < 4.78 is 0. The first-order valence-corrected chi connectivity index (χ1v) is 7.22. The van der Waals surface area contributed by atoms with Crippen LogP contribution in [0.1, 0.15) is 43.6 Å². The molecule has 0 unspecified atom stereocenters. The number of aryl methyl sites for hydroxylation is 1. The third-order valence-corrected chi connectivity index (χ3v) is 3.45. The molecular formula is C17H23N3. The van der Waals surface area contributed by atoms with Crippen LogP contribution >= 0.6 is 0 Å². The van der Waals surface area contributed by atoms with Crippen molar-refractivity contribution in [3.8, 4) is 11.3 Å². The van der Waals surface area contributed by atoms with Gasteiger partial charge in [0.05, 0.1) is 5.69 Å². The lowest BCUT2D eigenvalue weighted by atomic mass is 9.99. The highest BCUT2D eigenvalue weighted by atomic mass is 15.0. The number of anilines is 1. The van der Waals surface area contributed by atoms with Gasteiger partial charge in [-0.2, -0.15) is 0 Å². The molecule has 0 aliphatic carbocycles. The van der Waals surface area contributed by atoms with E-state index in [1.54, 1.807) is 0 Å². The Morgan fingerprint density at radius 2 is 1.70 bits per heavy atom. The Bertz CT molecular complexity index is 586. The summed E-state index contributed by atoms with van der Waals surface area (Å²) in [5.41, 5.74) is 4.62. The summed E-state index contributed by atoms with van der Waals surface area (Å²) in [5.74, 6) is 2.28. The number of hydrogen-bond donors (Lipinski definition) is 1. The van der Waals surface area contributed by atoms with E-state index in [9.17, 15) is 0 Å².